The van der Waals surface area contributed by atoms with Crippen LogP contribution in [-0.4, -0.2) is 29.2 Å². The molecule has 0 saturated heterocycles. The number of hydrogen-bond acceptors (Lipinski definition) is 4. The summed E-state index contributed by atoms with van der Waals surface area (Å²) in [7, 11) is 0. The second-order valence-corrected chi connectivity index (χ2v) is 5.09. The van der Waals surface area contributed by atoms with E-state index in [0.29, 0.717) is 13.1 Å². The maximum atomic E-state index is 11.9. The van der Waals surface area contributed by atoms with Crippen molar-refractivity contribution in [3.8, 4) is 11.5 Å². The number of rotatable bonds is 5. The zero-order valence-corrected chi connectivity index (χ0v) is 10.7. The quantitative estimate of drug-likeness (QED) is 0.592. The molecule has 1 aromatic carbocycles. The van der Waals surface area contributed by atoms with Gasteiger partial charge >= 0.3 is 0 Å². The predicted molar refractivity (Wildman–Crippen MR) is 69.6 cm³/mol. The lowest BCUT2D eigenvalue weighted by Crippen LogP contribution is -2.35. The van der Waals surface area contributed by atoms with Gasteiger partial charge in [-0.05, 0) is 36.6 Å². The summed E-state index contributed by atoms with van der Waals surface area (Å²) >= 11 is 0. The predicted octanol–water partition coefficient (Wildman–Crippen LogP) is 1.20. The Labute approximate surface area is 107 Å². The molecular weight excluding hydrogens is 232 g/mol. The second-order valence-electron chi connectivity index (χ2n) is 5.09. The normalized spacial score (nSPS) is 11.3. The number of carbonyl (C=O) groups excluding carboxylic acids is 1. The van der Waals surface area contributed by atoms with Crippen LogP contribution in [0.5, 0.6) is 11.5 Å². The van der Waals surface area contributed by atoms with E-state index in [1.165, 1.54) is 18.2 Å². The van der Waals surface area contributed by atoms with E-state index < -0.39 is 5.91 Å². The van der Waals surface area contributed by atoms with Gasteiger partial charge in [-0.25, -0.2) is 0 Å². The largest absolute Gasteiger partial charge is 0.508 e. The van der Waals surface area contributed by atoms with Crippen molar-refractivity contribution in [2.75, 3.05) is 13.1 Å². The minimum Gasteiger partial charge on any atom is -0.508 e. The molecule has 0 unspecified atom stereocenters. The van der Waals surface area contributed by atoms with Gasteiger partial charge in [0.15, 0.2) is 0 Å². The Morgan fingerprint density at radius 1 is 1.39 bits per heavy atom. The number of aromatic hydroxyl groups is 2. The molecule has 0 aliphatic heterocycles. The van der Waals surface area contributed by atoms with Gasteiger partial charge < -0.3 is 21.3 Å². The topological polar surface area (TPSA) is 95.6 Å². The van der Waals surface area contributed by atoms with Crippen LogP contribution in [0.4, 0.5) is 0 Å². The molecule has 1 aromatic rings. The summed E-state index contributed by atoms with van der Waals surface area (Å²) in [5.41, 5.74) is 5.46. The maximum Gasteiger partial charge on any atom is 0.255 e. The molecule has 0 heterocycles. The SMILES string of the molecule is CC(C)(CCN)CNC(=O)c1cc(O)ccc1O. The lowest BCUT2D eigenvalue weighted by molar-refractivity contribution is 0.0932. The Kier molecular flexibility index (Phi) is 4.55. The zero-order valence-electron chi connectivity index (χ0n) is 10.7. The smallest absolute Gasteiger partial charge is 0.255 e. The molecule has 0 radical (unpaired) electrons. The van der Waals surface area contributed by atoms with Gasteiger partial charge in [0, 0.05) is 6.54 Å². The summed E-state index contributed by atoms with van der Waals surface area (Å²) in [4.78, 5) is 11.9. The summed E-state index contributed by atoms with van der Waals surface area (Å²) in [6.45, 7) is 5.02. The molecule has 0 fully saturated rings. The minimum absolute atomic E-state index is 0.0563. The van der Waals surface area contributed by atoms with Crippen LogP contribution in [-0.2, 0) is 0 Å². The third-order valence-corrected chi connectivity index (χ3v) is 2.77. The Hall–Kier alpha value is -1.75. The first-order valence-corrected chi connectivity index (χ1v) is 5.86. The molecule has 0 bridgehead atoms. The Morgan fingerprint density at radius 2 is 2.06 bits per heavy atom. The number of phenols is 2. The monoisotopic (exact) mass is 252 g/mol. The Bertz CT molecular complexity index is 430. The van der Waals surface area contributed by atoms with Crippen molar-refractivity contribution in [2.24, 2.45) is 11.1 Å². The number of nitrogens with two attached hydrogens (primary N) is 1. The van der Waals surface area contributed by atoms with Crippen LogP contribution < -0.4 is 11.1 Å². The lowest BCUT2D eigenvalue weighted by atomic mass is 9.89. The van der Waals surface area contributed by atoms with Crippen molar-refractivity contribution in [3.63, 3.8) is 0 Å². The summed E-state index contributed by atoms with van der Waals surface area (Å²) in [5.74, 6) is -0.616. The van der Waals surface area contributed by atoms with Crippen LogP contribution in [0.25, 0.3) is 0 Å². The van der Waals surface area contributed by atoms with E-state index in [9.17, 15) is 15.0 Å². The van der Waals surface area contributed by atoms with Crippen molar-refractivity contribution in [3.05, 3.63) is 23.8 Å². The summed E-state index contributed by atoms with van der Waals surface area (Å²) in [6.07, 6.45) is 0.791. The zero-order chi connectivity index (χ0) is 13.8. The summed E-state index contributed by atoms with van der Waals surface area (Å²) in [5, 5.41) is 21.6. The fourth-order valence-corrected chi connectivity index (χ4v) is 1.60. The fraction of sp³-hybridized carbons (Fsp3) is 0.462. The number of nitrogens with one attached hydrogen (secondary N) is 1. The molecule has 0 atom stereocenters. The van der Waals surface area contributed by atoms with Gasteiger partial charge in [-0.15, -0.1) is 0 Å². The molecule has 5 N–H and O–H groups in total. The van der Waals surface area contributed by atoms with E-state index in [-0.39, 0.29) is 22.5 Å². The molecule has 1 rings (SSSR count). The molecule has 0 aliphatic rings. The minimum atomic E-state index is -0.409. The van der Waals surface area contributed by atoms with E-state index in [0.717, 1.165) is 6.42 Å². The number of phenolic OH excluding ortho intramolecular Hbond substituents is 2. The van der Waals surface area contributed by atoms with E-state index in [2.05, 4.69) is 5.32 Å². The Balaban J connectivity index is 2.69. The second kappa shape index (κ2) is 5.73. The average molecular weight is 252 g/mol. The van der Waals surface area contributed by atoms with Gasteiger partial charge in [-0.3, -0.25) is 4.79 Å². The molecule has 0 spiro atoms. The molecule has 100 valence electrons. The maximum absolute atomic E-state index is 11.9. The first kappa shape index (κ1) is 14.3. The standard InChI is InChI=1S/C13H20N2O3/c1-13(2,5-6-14)8-15-12(18)10-7-9(16)3-4-11(10)17/h3-4,7,16-17H,5-6,8,14H2,1-2H3,(H,15,18). The molecular formula is C13H20N2O3. The van der Waals surface area contributed by atoms with Crippen molar-refractivity contribution in [2.45, 2.75) is 20.3 Å². The number of benzene rings is 1. The molecule has 0 aliphatic carbocycles. The third kappa shape index (κ3) is 3.92. The van der Waals surface area contributed by atoms with Crippen LogP contribution in [0.1, 0.15) is 30.6 Å². The highest BCUT2D eigenvalue weighted by molar-refractivity contribution is 5.97. The van der Waals surface area contributed by atoms with Crippen LogP contribution in [0.3, 0.4) is 0 Å². The van der Waals surface area contributed by atoms with Gasteiger partial charge in [0.25, 0.3) is 5.91 Å². The first-order chi connectivity index (χ1) is 8.35. The molecule has 0 saturated carbocycles. The van der Waals surface area contributed by atoms with E-state index in [1.807, 2.05) is 13.8 Å². The third-order valence-electron chi connectivity index (χ3n) is 2.77. The van der Waals surface area contributed by atoms with E-state index in [1.54, 1.807) is 0 Å². The van der Waals surface area contributed by atoms with Crippen LogP contribution in [0, 0.1) is 5.41 Å². The number of hydrogen-bond donors (Lipinski definition) is 4. The lowest BCUT2D eigenvalue weighted by Gasteiger charge is -2.24. The highest BCUT2D eigenvalue weighted by Gasteiger charge is 2.19. The number of carbonyl (C=O) groups is 1. The van der Waals surface area contributed by atoms with Crippen LogP contribution in [0.2, 0.25) is 0 Å². The fourth-order valence-electron chi connectivity index (χ4n) is 1.60. The summed E-state index contributed by atoms with van der Waals surface area (Å²) in [6, 6.07) is 3.85. The van der Waals surface area contributed by atoms with Gasteiger partial charge in [0.05, 0.1) is 5.56 Å². The van der Waals surface area contributed by atoms with E-state index >= 15 is 0 Å². The van der Waals surface area contributed by atoms with Crippen molar-refractivity contribution >= 4 is 5.91 Å². The van der Waals surface area contributed by atoms with Crippen molar-refractivity contribution < 1.29 is 15.0 Å². The summed E-state index contributed by atoms with van der Waals surface area (Å²) < 4.78 is 0. The van der Waals surface area contributed by atoms with Gasteiger partial charge in [0.1, 0.15) is 11.5 Å². The van der Waals surface area contributed by atoms with E-state index in [4.69, 9.17) is 5.73 Å². The highest BCUT2D eigenvalue weighted by atomic mass is 16.3. The number of amides is 1. The molecule has 18 heavy (non-hydrogen) atoms. The van der Waals surface area contributed by atoms with Gasteiger partial charge in [-0.2, -0.15) is 0 Å². The van der Waals surface area contributed by atoms with Crippen LogP contribution >= 0.6 is 0 Å². The average Bonchev–Trinajstić information content (AvgIpc) is 2.29. The van der Waals surface area contributed by atoms with Gasteiger partial charge in [0.2, 0.25) is 0 Å². The van der Waals surface area contributed by atoms with Crippen molar-refractivity contribution in [1.29, 1.82) is 0 Å². The Morgan fingerprint density at radius 3 is 2.67 bits per heavy atom. The molecule has 5 heteroatoms. The molecule has 1 amide bonds. The molecule has 0 aromatic heterocycles. The highest BCUT2D eigenvalue weighted by Crippen LogP contribution is 2.23. The molecule has 5 nitrogen and oxygen atoms in total. The first-order valence-electron chi connectivity index (χ1n) is 5.86. The van der Waals surface area contributed by atoms with Crippen LogP contribution in [0.15, 0.2) is 18.2 Å². The van der Waals surface area contributed by atoms with Gasteiger partial charge in [-0.1, -0.05) is 13.8 Å². The van der Waals surface area contributed by atoms with Crippen molar-refractivity contribution in [1.82, 2.24) is 5.32 Å².